The van der Waals surface area contributed by atoms with Gasteiger partial charge in [-0.15, -0.1) is 11.8 Å². The lowest BCUT2D eigenvalue weighted by molar-refractivity contribution is -0.148. The maximum absolute atomic E-state index is 12.0. The van der Waals surface area contributed by atoms with E-state index in [9.17, 15) is 9.59 Å². The molecule has 1 aliphatic rings. The highest BCUT2D eigenvalue weighted by atomic mass is 32.2. The number of carbonyl (C=O) groups excluding carboxylic acids is 2. The molecule has 1 saturated carbocycles. The second-order valence-corrected chi connectivity index (χ2v) is 5.98. The Morgan fingerprint density at radius 1 is 1.41 bits per heavy atom. The molecular weight excluding hydrogens is 238 g/mol. The van der Waals surface area contributed by atoms with E-state index in [1.807, 2.05) is 0 Å². The average Bonchev–Trinajstić information content (AvgIpc) is 3.06. The molecule has 4 nitrogen and oxygen atoms in total. The number of hydrogen-bond donors (Lipinski definition) is 0. The van der Waals surface area contributed by atoms with Crippen molar-refractivity contribution in [2.24, 2.45) is 0 Å². The number of ether oxygens (including phenoxy) is 1. The zero-order valence-electron chi connectivity index (χ0n) is 10.8. The summed E-state index contributed by atoms with van der Waals surface area (Å²) in [5.41, 5.74) is 0. The van der Waals surface area contributed by atoms with Crippen molar-refractivity contribution >= 4 is 23.6 Å². The lowest BCUT2D eigenvalue weighted by atomic mass is 10.4. The van der Waals surface area contributed by atoms with Crippen LogP contribution in [-0.2, 0) is 14.3 Å². The van der Waals surface area contributed by atoms with Crippen LogP contribution in [0.15, 0.2) is 0 Å². The van der Waals surface area contributed by atoms with Gasteiger partial charge in [0.1, 0.15) is 6.54 Å². The van der Waals surface area contributed by atoms with Crippen molar-refractivity contribution in [1.29, 1.82) is 0 Å². The minimum Gasteiger partial charge on any atom is -0.465 e. The first-order valence-corrected chi connectivity index (χ1v) is 7.16. The molecule has 0 aromatic carbocycles. The summed E-state index contributed by atoms with van der Waals surface area (Å²) in [4.78, 5) is 25.0. The summed E-state index contributed by atoms with van der Waals surface area (Å²) in [6, 6.07) is 0.264. The molecular formula is C12H21NO3S. The lowest BCUT2D eigenvalue weighted by Crippen LogP contribution is -2.39. The third-order valence-corrected chi connectivity index (χ3v) is 3.53. The van der Waals surface area contributed by atoms with Gasteiger partial charge in [0.05, 0.1) is 12.4 Å². The molecule has 0 saturated heterocycles. The Kier molecular flexibility index (Phi) is 5.82. The third kappa shape index (κ3) is 5.44. The van der Waals surface area contributed by atoms with Gasteiger partial charge in [-0.05, 0) is 25.0 Å². The molecule has 17 heavy (non-hydrogen) atoms. The Bertz CT molecular complexity index is 277. The molecule has 1 amide bonds. The van der Waals surface area contributed by atoms with E-state index in [-0.39, 0.29) is 24.5 Å². The highest BCUT2D eigenvalue weighted by Crippen LogP contribution is 2.27. The number of nitrogens with zero attached hydrogens (tertiary/aromatic N) is 1. The SMILES string of the molecule is CCOC(=O)CN(C(=O)CSC(C)C)C1CC1. The number of carbonyl (C=O) groups is 2. The second kappa shape index (κ2) is 6.89. The average molecular weight is 259 g/mol. The molecule has 0 heterocycles. The molecule has 0 aliphatic heterocycles. The molecule has 0 bridgehead atoms. The van der Waals surface area contributed by atoms with E-state index in [2.05, 4.69) is 13.8 Å². The smallest absolute Gasteiger partial charge is 0.325 e. The topological polar surface area (TPSA) is 46.6 Å². The molecule has 98 valence electrons. The molecule has 0 N–H and O–H groups in total. The summed E-state index contributed by atoms with van der Waals surface area (Å²) in [6.07, 6.45) is 2.02. The van der Waals surface area contributed by atoms with Gasteiger partial charge in [-0.3, -0.25) is 9.59 Å². The maximum Gasteiger partial charge on any atom is 0.325 e. The normalized spacial score (nSPS) is 14.8. The van der Waals surface area contributed by atoms with E-state index in [4.69, 9.17) is 4.74 Å². The van der Waals surface area contributed by atoms with Gasteiger partial charge < -0.3 is 9.64 Å². The molecule has 0 spiro atoms. The number of amides is 1. The number of esters is 1. The first-order valence-electron chi connectivity index (χ1n) is 6.11. The van der Waals surface area contributed by atoms with Crippen LogP contribution >= 0.6 is 11.8 Å². The first-order chi connectivity index (χ1) is 8.04. The zero-order chi connectivity index (χ0) is 12.8. The maximum atomic E-state index is 12.0. The molecule has 0 radical (unpaired) electrons. The molecule has 0 aromatic rings. The van der Waals surface area contributed by atoms with Crippen LogP contribution < -0.4 is 0 Å². The van der Waals surface area contributed by atoms with Gasteiger partial charge >= 0.3 is 5.97 Å². The summed E-state index contributed by atoms with van der Waals surface area (Å²) in [7, 11) is 0. The van der Waals surface area contributed by atoms with Crippen molar-refractivity contribution in [2.45, 2.75) is 44.9 Å². The summed E-state index contributed by atoms with van der Waals surface area (Å²) in [5.74, 6) is 0.203. The Morgan fingerprint density at radius 2 is 2.06 bits per heavy atom. The molecule has 0 atom stereocenters. The van der Waals surface area contributed by atoms with Crippen molar-refractivity contribution in [3.8, 4) is 0 Å². The largest absolute Gasteiger partial charge is 0.465 e. The number of thioether (sulfide) groups is 1. The minimum absolute atomic E-state index is 0.0549. The van der Waals surface area contributed by atoms with E-state index in [1.165, 1.54) is 0 Å². The quantitative estimate of drug-likeness (QED) is 0.653. The van der Waals surface area contributed by atoms with Crippen LogP contribution in [0.25, 0.3) is 0 Å². The fourth-order valence-electron chi connectivity index (χ4n) is 1.47. The highest BCUT2D eigenvalue weighted by Gasteiger charge is 2.33. The van der Waals surface area contributed by atoms with Crippen molar-refractivity contribution in [3.63, 3.8) is 0 Å². The minimum atomic E-state index is -0.303. The van der Waals surface area contributed by atoms with Gasteiger partial charge in [0, 0.05) is 6.04 Å². The summed E-state index contributed by atoms with van der Waals surface area (Å²) in [5, 5.41) is 0.433. The molecule has 0 aromatic heterocycles. The third-order valence-electron chi connectivity index (χ3n) is 2.45. The predicted molar refractivity (Wildman–Crippen MR) is 69.0 cm³/mol. The zero-order valence-corrected chi connectivity index (χ0v) is 11.6. The van der Waals surface area contributed by atoms with Gasteiger partial charge in [-0.1, -0.05) is 13.8 Å². The molecule has 0 unspecified atom stereocenters. The van der Waals surface area contributed by atoms with Gasteiger partial charge in [0.2, 0.25) is 5.91 Å². The fraction of sp³-hybridized carbons (Fsp3) is 0.833. The Labute approximate surface area is 107 Å². The molecule has 1 rings (SSSR count). The molecule has 1 fully saturated rings. The van der Waals surface area contributed by atoms with Gasteiger partial charge in [-0.2, -0.15) is 0 Å². The van der Waals surface area contributed by atoms with Crippen LogP contribution in [0, 0.1) is 0 Å². The Hall–Kier alpha value is -0.710. The van der Waals surface area contributed by atoms with Crippen LogP contribution in [0.2, 0.25) is 0 Å². The summed E-state index contributed by atoms with van der Waals surface area (Å²) >= 11 is 1.61. The van der Waals surface area contributed by atoms with Crippen LogP contribution in [0.3, 0.4) is 0 Å². The first kappa shape index (κ1) is 14.4. The van der Waals surface area contributed by atoms with E-state index >= 15 is 0 Å². The van der Waals surface area contributed by atoms with Crippen LogP contribution in [0.4, 0.5) is 0 Å². The van der Waals surface area contributed by atoms with Gasteiger partial charge in [-0.25, -0.2) is 0 Å². The number of rotatable bonds is 7. The second-order valence-electron chi connectivity index (χ2n) is 4.42. The van der Waals surface area contributed by atoms with Crippen molar-refractivity contribution in [1.82, 2.24) is 4.90 Å². The van der Waals surface area contributed by atoms with Gasteiger partial charge in [0.15, 0.2) is 0 Å². The van der Waals surface area contributed by atoms with Crippen molar-refractivity contribution < 1.29 is 14.3 Å². The van der Waals surface area contributed by atoms with E-state index in [1.54, 1.807) is 23.6 Å². The van der Waals surface area contributed by atoms with Crippen LogP contribution in [-0.4, -0.2) is 47.0 Å². The standard InChI is InChI=1S/C12H21NO3S/c1-4-16-12(15)7-13(10-5-6-10)11(14)8-17-9(2)3/h9-10H,4-8H2,1-3H3. The molecule has 5 heteroatoms. The Balaban J connectivity index is 2.42. The van der Waals surface area contributed by atoms with Crippen molar-refractivity contribution in [3.05, 3.63) is 0 Å². The number of hydrogen-bond acceptors (Lipinski definition) is 4. The van der Waals surface area contributed by atoms with Gasteiger partial charge in [0.25, 0.3) is 0 Å². The predicted octanol–water partition coefficient (Wildman–Crippen LogP) is 1.68. The van der Waals surface area contributed by atoms with E-state index in [0.29, 0.717) is 17.6 Å². The Morgan fingerprint density at radius 3 is 2.53 bits per heavy atom. The summed E-state index contributed by atoms with van der Waals surface area (Å²) < 4.78 is 4.89. The summed E-state index contributed by atoms with van der Waals surface area (Å²) in [6.45, 7) is 6.37. The van der Waals surface area contributed by atoms with Crippen LogP contribution in [0.1, 0.15) is 33.6 Å². The molecule has 1 aliphatic carbocycles. The van der Waals surface area contributed by atoms with E-state index < -0.39 is 0 Å². The fourth-order valence-corrected chi connectivity index (χ4v) is 2.12. The van der Waals surface area contributed by atoms with Crippen LogP contribution in [0.5, 0.6) is 0 Å². The lowest BCUT2D eigenvalue weighted by Gasteiger charge is -2.21. The monoisotopic (exact) mass is 259 g/mol. The van der Waals surface area contributed by atoms with E-state index in [0.717, 1.165) is 12.8 Å². The van der Waals surface area contributed by atoms with Crippen molar-refractivity contribution in [2.75, 3.05) is 18.9 Å². The highest BCUT2D eigenvalue weighted by molar-refractivity contribution is 8.00.